The largest absolute Gasteiger partial charge is 0.353 e. The van der Waals surface area contributed by atoms with Gasteiger partial charge in [0, 0.05) is 12.1 Å². The minimum Gasteiger partial charge on any atom is -0.353 e. The molecule has 0 bridgehead atoms. The van der Waals surface area contributed by atoms with Gasteiger partial charge in [-0.05, 0) is 37.0 Å². The second kappa shape index (κ2) is 6.25. The summed E-state index contributed by atoms with van der Waals surface area (Å²) in [6.45, 7) is 6.75. The molecular formula is C16H30N2O. The molecule has 3 N–H and O–H groups in total. The van der Waals surface area contributed by atoms with Crippen molar-refractivity contribution in [3.05, 3.63) is 0 Å². The molecule has 0 aromatic heterocycles. The maximum Gasteiger partial charge on any atom is 0.224 e. The van der Waals surface area contributed by atoms with Crippen LogP contribution in [-0.4, -0.2) is 18.0 Å². The standard InChI is InChI=1S/C16H30N2O/c1-10-6-5-9-14(12(10)3)18-16(19)13-8-4-7-11(2)15(13)17/h10-15H,4-9,17H2,1-3H3,(H,18,19). The minimum absolute atomic E-state index is 0.0354. The Morgan fingerprint density at radius 2 is 1.63 bits per heavy atom. The first kappa shape index (κ1) is 14.8. The first-order valence-corrected chi connectivity index (χ1v) is 8.06. The SMILES string of the molecule is CC1CCCC(NC(=O)C2CCCC(C)C2N)C1C. The average molecular weight is 266 g/mol. The van der Waals surface area contributed by atoms with Crippen molar-refractivity contribution in [3.63, 3.8) is 0 Å². The molecule has 2 fully saturated rings. The number of nitrogens with two attached hydrogens (primary N) is 1. The van der Waals surface area contributed by atoms with Crippen LogP contribution >= 0.6 is 0 Å². The van der Waals surface area contributed by atoms with E-state index >= 15 is 0 Å². The maximum absolute atomic E-state index is 12.5. The predicted octanol–water partition coefficient (Wildman–Crippen LogP) is 2.69. The first-order valence-electron chi connectivity index (χ1n) is 8.06. The fourth-order valence-electron chi connectivity index (χ4n) is 3.82. The molecule has 0 aromatic rings. The van der Waals surface area contributed by atoms with Gasteiger partial charge in [-0.3, -0.25) is 4.79 Å². The van der Waals surface area contributed by atoms with Crippen LogP contribution in [0.1, 0.15) is 59.3 Å². The first-order chi connectivity index (χ1) is 9.00. The summed E-state index contributed by atoms with van der Waals surface area (Å²) < 4.78 is 0. The summed E-state index contributed by atoms with van der Waals surface area (Å²) in [7, 11) is 0. The van der Waals surface area contributed by atoms with E-state index in [-0.39, 0.29) is 17.9 Å². The molecule has 2 saturated carbocycles. The highest BCUT2D eigenvalue weighted by Crippen LogP contribution is 2.31. The molecule has 19 heavy (non-hydrogen) atoms. The molecule has 6 unspecified atom stereocenters. The molecule has 0 heterocycles. The zero-order chi connectivity index (χ0) is 14.0. The number of rotatable bonds is 2. The third-order valence-electron chi connectivity index (χ3n) is 5.67. The van der Waals surface area contributed by atoms with Crippen molar-refractivity contribution in [2.45, 2.75) is 71.4 Å². The van der Waals surface area contributed by atoms with E-state index in [4.69, 9.17) is 5.73 Å². The Morgan fingerprint density at radius 1 is 1.00 bits per heavy atom. The molecule has 0 radical (unpaired) electrons. The minimum atomic E-state index is 0.0354. The molecule has 0 aromatic carbocycles. The third kappa shape index (κ3) is 3.31. The number of hydrogen-bond donors (Lipinski definition) is 2. The predicted molar refractivity (Wildman–Crippen MR) is 78.6 cm³/mol. The van der Waals surface area contributed by atoms with Gasteiger partial charge in [0.05, 0.1) is 5.92 Å². The van der Waals surface area contributed by atoms with Crippen molar-refractivity contribution in [3.8, 4) is 0 Å². The molecule has 2 aliphatic rings. The Bertz CT molecular complexity index is 318. The van der Waals surface area contributed by atoms with Gasteiger partial charge in [0.2, 0.25) is 5.91 Å². The average Bonchev–Trinajstić information content (AvgIpc) is 2.38. The van der Waals surface area contributed by atoms with Gasteiger partial charge < -0.3 is 11.1 Å². The van der Waals surface area contributed by atoms with Gasteiger partial charge in [-0.1, -0.05) is 40.0 Å². The summed E-state index contributed by atoms with van der Waals surface area (Å²) >= 11 is 0. The molecule has 1 amide bonds. The van der Waals surface area contributed by atoms with Gasteiger partial charge in [-0.25, -0.2) is 0 Å². The molecule has 2 aliphatic carbocycles. The molecule has 6 atom stereocenters. The van der Waals surface area contributed by atoms with Crippen molar-refractivity contribution in [1.82, 2.24) is 5.32 Å². The summed E-state index contributed by atoms with van der Waals surface area (Å²) in [5.74, 6) is 2.04. The fraction of sp³-hybridized carbons (Fsp3) is 0.938. The summed E-state index contributed by atoms with van der Waals surface area (Å²) in [4.78, 5) is 12.5. The highest BCUT2D eigenvalue weighted by atomic mass is 16.2. The van der Waals surface area contributed by atoms with Crippen LogP contribution in [0.15, 0.2) is 0 Å². The van der Waals surface area contributed by atoms with Gasteiger partial charge >= 0.3 is 0 Å². The van der Waals surface area contributed by atoms with Crippen LogP contribution in [0.3, 0.4) is 0 Å². The molecule has 0 saturated heterocycles. The Hall–Kier alpha value is -0.570. The van der Waals surface area contributed by atoms with Crippen LogP contribution in [0, 0.1) is 23.7 Å². The number of carbonyl (C=O) groups is 1. The molecule has 0 spiro atoms. The number of amides is 1. The quantitative estimate of drug-likeness (QED) is 0.807. The lowest BCUT2D eigenvalue weighted by molar-refractivity contribution is -0.128. The summed E-state index contributed by atoms with van der Waals surface area (Å²) in [6.07, 6.45) is 6.95. The molecule has 110 valence electrons. The Kier molecular flexibility index (Phi) is 4.88. The van der Waals surface area contributed by atoms with Crippen molar-refractivity contribution in [2.24, 2.45) is 29.4 Å². The van der Waals surface area contributed by atoms with Crippen molar-refractivity contribution in [2.75, 3.05) is 0 Å². The van der Waals surface area contributed by atoms with E-state index in [2.05, 4.69) is 26.1 Å². The second-order valence-electron chi connectivity index (χ2n) is 6.97. The van der Waals surface area contributed by atoms with Crippen molar-refractivity contribution < 1.29 is 4.79 Å². The lowest BCUT2D eigenvalue weighted by atomic mass is 9.76. The topological polar surface area (TPSA) is 55.1 Å². The van der Waals surface area contributed by atoms with Crippen LogP contribution in [0.25, 0.3) is 0 Å². The normalized spacial score (nSPS) is 43.8. The van der Waals surface area contributed by atoms with E-state index in [1.165, 1.54) is 19.3 Å². The zero-order valence-corrected chi connectivity index (χ0v) is 12.7. The van der Waals surface area contributed by atoms with E-state index in [0.717, 1.165) is 25.2 Å². The third-order valence-corrected chi connectivity index (χ3v) is 5.67. The van der Waals surface area contributed by atoms with E-state index in [0.29, 0.717) is 17.9 Å². The van der Waals surface area contributed by atoms with Gasteiger partial charge in [-0.2, -0.15) is 0 Å². The Morgan fingerprint density at radius 3 is 2.37 bits per heavy atom. The Balaban J connectivity index is 1.93. The van der Waals surface area contributed by atoms with Crippen molar-refractivity contribution in [1.29, 1.82) is 0 Å². The number of hydrogen-bond acceptors (Lipinski definition) is 2. The van der Waals surface area contributed by atoms with Crippen LogP contribution < -0.4 is 11.1 Å². The fourth-order valence-corrected chi connectivity index (χ4v) is 3.82. The van der Waals surface area contributed by atoms with Gasteiger partial charge in [0.25, 0.3) is 0 Å². The molecule has 3 nitrogen and oxygen atoms in total. The second-order valence-corrected chi connectivity index (χ2v) is 6.97. The monoisotopic (exact) mass is 266 g/mol. The highest BCUT2D eigenvalue weighted by molar-refractivity contribution is 5.79. The van der Waals surface area contributed by atoms with E-state index in [1.807, 2.05) is 0 Å². The van der Waals surface area contributed by atoms with Gasteiger partial charge in [0.15, 0.2) is 0 Å². The van der Waals surface area contributed by atoms with E-state index < -0.39 is 0 Å². The number of carbonyl (C=O) groups excluding carboxylic acids is 1. The van der Waals surface area contributed by atoms with Crippen molar-refractivity contribution >= 4 is 5.91 Å². The Labute approximate surface area is 117 Å². The molecule has 0 aliphatic heterocycles. The van der Waals surface area contributed by atoms with Crippen LogP contribution in [0.4, 0.5) is 0 Å². The van der Waals surface area contributed by atoms with Gasteiger partial charge in [-0.15, -0.1) is 0 Å². The van der Waals surface area contributed by atoms with E-state index in [1.54, 1.807) is 0 Å². The summed E-state index contributed by atoms with van der Waals surface area (Å²) in [6, 6.07) is 0.408. The van der Waals surface area contributed by atoms with E-state index in [9.17, 15) is 4.79 Å². The smallest absolute Gasteiger partial charge is 0.224 e. The number of nitrogens with one attached hydrogen (secondary N) is 1. The molecule has 3 heteroatoms. The lowest BCUT2D eigenvalue weighted by Crippen LogP contribution is -2.52. The zero-order valence-electron chi connectivity index (χ0n) is 12.7. The maximum atomic E-state index is 12.5. The molecule has 2 rings (SSSR count). The summed E-state index contributed by atoms with van der Waals surface area (Å²) in [5, 5.41) is 3.30. The van der Waals surface area contributed by atoms with Gasteiger partial charge in [0.1, 0.15) is 0 Å². The van der Waals surface area contributed by atoms with Crippen LogP contribution in [0.2, 0.25) is 0 Å². The summed E-state index contributed by atoms with van der Waals surface area (Å²) in [5.41, 5.74) is 6.23. The highest BCUT2D eigenvalue weighted by Gasteiger charge is 2.35. The lowest BCUT2D eigenvalue weighted by Gasteiger charge is -2.38. The van der Waals surface area contributed by atoms with Crippen LogP contribution in [0.5, 0.6) is 0 Å². The molecular weight excluding hydrogens is 236 g/mol. The van der Waals surface area contributed by atoms with Crippen LogP contribution in [-0.2, 0) is 4.79 Å².